The van der Waals surface area contributed by atoms with Gasteiger partial charge in [0.1, 0.15) is 18.2 Å². The van der Waals surface area contributed by atoms with Gasteiger partial charge in [-0.15, -0.1) is 0 Å². The third-order valence-corrected chi connectivity index (χ3v) is 8.40. The summed E-state index contributed by atoms with van der Waals surface area (Å²) in [5.41, 5.74) is 3.53. The number of carboxylic acids is 1. The average molecular weight is 772 g/mol. The summed E-state index contributed by atoms with van der Waals surface area (Å²) in [6, 6.07) is 22.4. The molecule has 4 rings (SSSR count). The average Bonchev–Trinajstić information content (AvgIpc) is 3.19. The van der Waals surface area contributed by atoms with Crippen LogP contribution in [0.1, 0.15) is 36.4 Å². The molecule has 14 nitrogen and oxygen atoms in total. The molecule has 0 fully saturated rings. The predicted octanol–water partition coefficient (Wildman–Crippen LogP) is 5.00. The number of ether oxygens (including phenoxy) is 5. The maximum absolute atomic E-state index is 12.8. The second-order valence-electron chi connectivity index (χ2n) is 12.8. The summed E-state index contributed by atoms with van der Waals surface area (Å²) in [6.07, 6.45) is 2.18. The maximum atomic E-state index is 12.8. The Morgan fingerprint density at radius 1 is 0.786 bits per heavy atom. The van der Waals surface area contributed by atoms with Gasteiger partial charge in [0.05, 0.1) is 78.4 Å². The van der Waals surface area contributed by atoms with Crippen LogP contribution in [-0.2, 0) is 33.3 Å². The summed E-state index contributed by atoms with van der Waals surface area (Å²) in [7, 11) is 0. The van der Waals surface area contributed by atoms with Gasteiger partial charge in [-0.25, -0.2) is 4.98 Å². The molecule has 0 saturated heterocycles. The fourth-order valence-corrected chi connectivity index (χ4v) is 5.58. The number of aromatic nitrogens is 1. The van der Waals surface area contributed by atoms with Crippen LogP contribution in [0.3, 0.4) is 0 Å². The molecule has 0 aliphatic rings. The number of carbonyl (C=O) groups is 3. The van der Waals surface area contributed by atoms with Crippen molar-refractivity contribution >= 4 is 41.1 Å². The van der Waals surface area contributed by atoms with Gasteiger partial charge in [0, 0.05) is 19.2 Å². The van der Waals surface area contributed by atoms with Gasteiger partial charge in [-0.2, -0.15) is 0 Å². The van der Waals surface area contributed by atoms with E-state index in [0.29, 0.717) is 84.5 Å². The molecular formula is C42H53N5O9. The van der Waals surface area contributed by atoms with Crippen LogP contribution in [0, 0.1) is 6.92 Å². The summed E-state index contributed by atoms with van der Waals surface area (Å²) in [5, 5.41) is 20.2. The lowest BCUT2D eigenvalue weighted by molar-refractivity contribution is -0.138. The van der Waals surface area contributed by atoms with Crippen molar-refractivity contribution in [2.45, 2.75) is 32.2 Å². The van der Waals surface area contributed by atoms with E-state index in [-0.39, 0.29) is 25.3 Å². The van der Waals surface area contributed by atoms with Crippen molar-refractivity contribution in [2.75, 3.05) is 84.4 Å². The van der Waals surface area contributed by atoms with E-state index in [1.807, 2.05) is 67.6 Å². The summed E-state index contributed by atoms with van der Waals surface area (Å²) in [4.78, 5) is 44.9. The Morgan fingerprint density at radius 3 is 2.18 bits per heavy atom. The first-order valence-corrected chi connectivity index (χ1v) is 18.8. The number of nitrogens with one attached hydrogen (secondary N) is 3. The minimum Gasteiger partial charge on any atom is -0.491 e. The van der Waals surface area contributed by atoms with Gasteiger partial charge < -0.3 is 44.7 Å². The highest BCUT2D eigenvalue weighted by Crippen LogP contribution is 2.29. The third kappa shape index (κ3) is 16.5. The molecule has 0 spiro atoms. The number of hydrogen-bond donors (Lipinski definition) is 4. The molecule has 0 unspecified atom stereocenters. The number of nitrogens with zero attached hydrogens (tertiary/aromatic N) is 2. The molecule has 0 aliphatic heterocycles. The van der Waals surface area contributed by atoms with Crippen molar-refractivity contribution in [1.82, 2.24) is 15.6 Å². The third-order valence-electron chi connectivity index (χ3n) is 8.40. The molecule has 4 N–H and O–H groups in total. The van der Waals surface area contributed by atoms with Crippen molar-refractivity contribution in [3.8, 4) is 16.9 Å². The van der Waals surface area contributed by atoms with Gasteiger partial charge in [0.25, 0.3) is 0 Å². The number of hydrogen-bond acceptors (Lipinski definition) is 11. The number of fused-ring (bicyclic) bond motifs is 1. The Morgan fingerprint density at radius 2 is 1.46 bits per heavy atom. The normalized spacial score (nSPS) is 11.5. The Balaban J connectivity index is 1.18. The Kier molecular flexibility index (Phi) is 19.3. The maximum Gasteiger partial charge on any atom is 0.305 e. The quantitative estimate of drug-likeness (QED) is 0.0452. The molecule has 3 aromatic carbocycles. The van der Waals surface area contributed by atoms with Crippen LogP contribution in [0.4, 0.5) is 5.82 Å². The summed E-state index contributed by atoms with van der Waals surface area (Å²) < 4.78 is 27.8. The van der Waals surface area contributed by atoms with Crippen LogP contribution in [0.15, 0.2) is 84.0 Å². The van der Waals surface area contributed by atoms with Crippen molar-refractivity contribution in [2.24, 2.45) is 4.99 Å². The standard InChI is InChI=1S/C42H53N5O9/c1-31-12-14-45-39(25-31)44-13-4-7-40(48)46-30-41(49)47-38(29-42(50)51)36-6-3-5-32(27-36)33-8-9-35-28-37(11-10-34(35)26-33)56-24-23-55-22-21-54-20-19-53-18-17-52-16-15-43-2/h3,5-6,8-12,14,25-28,38H,2,4,7,13,15-24,29-30H2,1H3,(H,44,45)(H,46,48)(H,47,49)(H,50,51)/t38-/m0/s1. The molecular weight excluding hydrogens is 718 g/mol. The first kappa shape index (κ1) is 43.3. The zero-order chi connectivity index (χ0) is 39.8. The molecule has 1 heterocycles. The number of amides is 2. The Hall–Kier alpha value is -5.41. The Bertz CT molecular complexity index is 1840. The molecule has 0 radical (unpaired) electrons. The zero-order valence-corrected chi connectivity index (χ0v) is 32.0. The van der Waals surface area contributed by atoms with E-state index in [1.54, 1.807) is 12.3 Å². The fraction of sp³-hybridized carbons (Fsp3) is 0.405. The van der Waals surface area contributed by atoms with E-state index in [2.05, 4.69) is 38.7 Å². The topological polar surface area (TPSA) is 179 Å². The number of aryl methyl sites for hydroxylation is 1. The molecule has 14 heteroatoms. The van der Waals surface area contributed by atoms with Crippen molar-refractivity contribution < 1.29 is 43.2 Å². The number of benzene rings is 3. The molecule has 1 aromatic heterocycles. The van der Waals surface area contributed by atoms with Gasteiger partial charge in [-0.05, 0) is 89.5 Å². The minimum atomic E-state index is -1.06. The van der Waals surface area contributed by atoms with Gasteiger partial charge in [-0.3, -0.25) is 19.4 Å². The number of pyridine rings is 1. The molecule has 300 valence electrons. The summed E-state index contributed by atoms with van der Waals surface area (Å²) >= 11 is 0. The van der Waals surface area contributed by atoms with E-state index in [0.717, 1.165) is 39.0 Å². The number of aliphatic imine (C=N–C) groups is 1. The van der Waals surface area contributed by atoms with Crippen LogP contribution in [0.2, 0.25) is 0 Å². The van der Waals surface area contributed by atoms with Crippen LogP contribution in [-0.4, -0.2) is 114 Å². The fourth-order valence-electron chi connectivity index (χ4n) is 5.58. The minimum absolute atomic E-state index is 0.226. The summed E-state index contributed by atoms with van der Waals surface area (Å²) in [5.74, 6) is -0.339. The first-order chi connectivity index (χ1) is 27.3. The lowest BCUT2D eigenvalue weighted by Gasteiger charge is -2.19. The molecule has 1 atom stereocenters. The highest BCUT2D eigenvalue weighted by atomic mass is 16.6. The second kappa shape index (κ2) is 24.9. The van der Waals surface area contributed by atoms with E-state index in [1.165, 1.54) is 0 Å². The monoisotopic (exact) mass is 771 g/mol. The summed E-state index contributed by atoms with van der Waals surface area (Å²) in [6.45, 7) is 10.6. The number of aliphatic carboxylic acids is 1. The van der Waals surface area contributed by atoms with Crippen LogP contribution in [0.5, 0.6) is 5.75 Å². The van der Waals surface area contributed by atoms with Gasteiger partial charge in [0.15, 0.2) is 0 Å². The molecule has 0 bridgehead atoms. The number of rotatable bonds is 28. The van der Waals surface area contributed by atoms with E-state index in [4.69, 9.17) is 23.7 Å². The number of carbonyl (C=O) groups excluding carboxylic acids is 2. The second-order valence-corrected chi connectivity index (χ2v) is 12.8. The van der Waals surface area contributed by atoms with Crippen molar-refractivity contribution in [3.05, 3.63) is 90.1 Å². The lowest BCUT2D eigenvalue weighted by Crippen LogP contribution is -2.39. The van der Waals surface area contributed by atoms with Crippen LogP contribution >= 0.6 is 0 Å². The van der Waals surface area contributed by atoms with Gasteiger partial charge >= 0.3 is 5.97 Å². The van der Waals surface area contributed by atoms with Gasteiger partial charge in [-0.1, -0.05) is 36.4 Å². The molecule has 0 saturated carbocycles. The smallest absolute Gasteiger partial charge is 0.305 e. The molecule has 4 aromatic rings. The van der Waals surface area contributed by atoms with Crippen molar-refractivity contribution in [3.63, 3.8) is 0 Å². The SMILES string of the molecule is C=NCCOCCOCCOCCOCCOc1ccc2cc(-c3cccc([C@H](CC(=O)O)NC(=O)CNC(=O)CCCNc4cc(C)ccn4)c3)ccc2c1. The Labute approximate surface area is 328 Å². The molecule has 0 aliphatic carbocycles. The van der Waals surface area contributed by atoms with Crippen molar-refractivity contribution in [1.29, 1.82) is 0 Å². The van der Waals surface area contributed by atoms with Crippen LogP contribution in [0.25, 0.3) is 21.9 Å². The van der Waals surface area contributed by atoms with E-state index in [9.17, 15) is 19.5 Å². The lowest BCUT2D eigenvalue weighted by atomic mass is 9.96. The van der Waals surface area contributed by atoms with E-state index >= 15 is 0 Å². The first-order valence-electron chi connectivity index (χ1n) is 18.8. The highest BCUT2D eigenvalue weighted by molar-refractivity contribution is 5.89. The largest absolute Gasteiger partial charge is 0.491 e. The number of carboxylic acid groups (broad SMARTS) is 1. The molecule has 2 amide bonds. The van der Waals surface area contributed by atoms with E-state index < -0.39 is 17.9 Å². The zero-order valence-electron chi connectivity index (χ0n) is 32.0. The highest BCUT2D eigenvalue weighted by Gasteiger charge is 2.19. The van der Waals surface area contributed by atoms with Gasteiger partial charge in [0.2, 0.25) is 11.8 Å². The molecule has 56 heavy (non-hydrogen) atoms. The predicted molar refractivity (Wildman–Crippen MR) is 215 cm³/mol. The number of anilines is 1. The van der Waals surface area contributed by atoms with Crippen LogP contribution < -0.4 is 20.7 Å².